The van der Waals surface area contributed by atoms with Gasteiger partial charge in [0.2, 0.25) is 0 Å². The molecule has 7 nitrogen and oxygen atoms in total. The number of carbonyl (C=O) groups is 1. The third-order valence-electron chi connectivity index (χ3n) is 5.41. The number of hydrogen-bond acceptors (Lipinski definition) is 5. The van der Waals surface area contributed by atoms with Crippen LogP contribution in [0.3, 0.4) is 0 Å². The van der Waals surface area contributed by atoms with Gasteiger partial charge in [0.25, 0.3) is 0 Å². The lowest BCUT2D eigenvalue weighted by Gasteiger charge is -2.28. The van der Waals surface area contributed by atoms with Crippen LogP contribution in [0.15, 0.2) is 0 Å². The zero-order valence-corrected chi connectivity index (χ0v) is 19.1. The minimum atomic E-state index is -1.74. The number of rotatable bonds is 6. The molecule has 1 amide bonds. The molecule has 26 heavy (non-hydrogen) atoms. The third kappa shape index (κ3) is 8.05. The second-order valence-corrected chi connectivity index (χ2v) is 12.3. The first-order valence-electron chi connectivity index (χ1n) is 9.66. The molecule has 0 bridgehead atoms. The number of amides is 1. The van der Waals surface area contributed by atoms with E-state index in [1.807, 2.05) is 0 Å². The van der Waals surface area contributed by atoms with Gasteiger partial charge in [-0.2, -0.15) is 0 Å². The van der Waals surface area contributed by atoms with Crippen LogP contribution >= 0.6 is 0 Å². The van der Waals surface area contributed by atoms with Crippen LogP contribution in [-0.2, 0) is 17.7 Å². The molecular weight excluding hydrogens is 370 g/mol. The normalized spacial score (nSPS) is 24.2. The molecule has 1 fully saturated rings. The fourth-order valence-electron chi connectivity index (χ4n) is 3.91. The summed E-state index contributed by atoms with van der Waals surface area (Å²) in [7, 11) is 3.35. The highest BCUT2D eigenvalue weighted by atomic mass is 28.3. The van der Waals surface area contributed by atoms with E-state index in [-0.39, 0.29) is 0 Å². The van der Waals surface area contributed by atoms with Gasteiger partial charge < -0.3 is 27.7 Å². The summed E-state index contributed by atoms with van der Waals surface area (Å²) in [5.74, 6) is 0. The summed E-state index contributed by atoms with van der Waals surface area (Å²) in [5, 5.41) is 9.60. The van der Waals surface area contributed by atoms with Gasteiger partial charge in [0, 0.05) is 52.6 Å². The van der Waals surface area contributed by atoms with Crippen molar-refractivity contribution in [3.8, 4) is 0 Å². The molecule has 2 atom stereocenters. The first kappa shape index (κ1) is 23.6. The van der Waals surface area contributed by atoms with Crippen molar-refractivity contribution in [3.05, 3.63) is 0 Å². The molecule has 9 heteroatoms. The maximum atomic E-state index is 11.7. The largest absolute Gasteiger partial charge is 0.465 e. The Hall–Kier alpha value is -0.456. The Labute approximate surface area is 161 Å². The molecule has 0 spiro atoms. The second-order valence-electron chi connectivity index (χ2n) is 7.04. The molecular formula is C17H37NO6Si2. The lowest BCUT2D eigenvalue weighted by atomic mass is 10.1. The average molecular weight is 408 g/mol. The van der Waals surface area contributed by atoms with Crippen LogP contribution < -0.4 is 0 Å². The molecule has 0 aliphatic carbocycles. The van der Waals surface area contributed by atoms with Gasteiger partial charge in [0.05, 0.1) is 0 Å². The second kappa shape index (κ2) is 13.7. The highest BCUT2D eigenvalue weighted by molar-refractivity contribution is 6.46. The first-order valence-corrected chi connectivity index (χ1v) is 12.9. The highest BCUT2D eigenvalue weighted by Crippen LogP contribution is 2.29. The monoisotopic (exact) mass is 407 g/mol. The predicted octanol–water partition coefficient (Wildman–Crippen LogP) is 2.87. The van der Waals surface area contributed by atoms with E-state index in [2.05, 4.69) is 0 Å². The summed E-state index contributed by atoms with van der Waals surface area (Å²) in [6.07, 6.45) is 7.59. The summed E-state index contributed by atoms with van der Waals surface area (Å²) >= 11 is 0. The summed E-state index contributed by atoms with van der Waals surface area (Å²) < 4.78 is 22.3. The van der Waals surface area contributed by atoms with Gasteiger partial charge in [-0.25, -0.2) is 4.79 Å². The topological polar surface area (TPSA) is 77.5 Å². The molecule has 2 unspecified atom stereocenters. The Bertz CT molecular complexity index is 354. The standard InChI is InChI=1S/C17H37NO6Si2/c1-21-25(22-2)15-9-7-5-6-8-10-16(26(23-3)24-4)12-14-18(13-11-15)17(19)20/h15-16,25-26H,5-14H2,1-4H3,(H,19,20). The predicted molar refractivity (Wildman–Crippen MR) is 106 cm³/mol. The molecule has 1 aliphatic rings. The summed E-state index contributed by atoms with van der Waals surface area (Å²) in [4.78, 5) is 13.2. The quantitative estimate of drug-likeness (QED) is 0.682. The van der Waals surface area contributed by atoms with Crippen molar-refractivity contribution in [2.75, 3.05) is 41.5 Å². The van der Waals surface area contributed by atoms with Gasteiger partial charge in [-0.05, 0) is 25.7 Å². The SMILES string of the molecule is CO[SiH](OC)C1CCCCCCC([SiH](OC)OC)CCN(C(=O)O)CC1. The molecule has 0 aromatic carbocycles. The fraction of sp³-hybridized carbons (Fsp3) is 0.941. The zero-order chi connectivity index (χ0) is 19.4. The Morgan fingerprint density at radius 1 is 0.769 bits per heavy atom. The number of hydrogen-bond donors (Lipinski definition) is 1. The Morgan fingerprint density at radius 2 is 1.15 bits per heavy atom. The summed E-state index contributed by atoms with van der Waals surface area (Å²) in [6.45, 7) is 1.07. The molecule has 1 heterocycles. The van der Waals surface area contributed by atoms with E-state index >= 15 is 0 Å². The van der Waals surface area contributed by atoms with Gasteiger partial charge in [0.15, 0.2) is 0 Å². The molecule has 1 N–H and O–H groups in total. The Kier molecular flexibility index (Phi) is 12.4. The van der Waals surface area contributed by atoms with Gasteiger partial charge >= 0.3 is 24.7 Å². The van der Waals surface area contributed by atoms with Crippen molar-refractivity contribution in [3.63, 3.8) is 0 Å². The van der Waals surface area contributed by atoms with Crippen LogP contribution in [0.2, 0.25) is 11.1 Å². The van der Waals surface area contributed by atoms with Crippen molar-refractivity contribution >= 4 is 24.7 Å². The molecule has 154 valence electrons. The van der Waals surface area contributed by atoms with Crippen LogP contribution in [0.4, 0.5) is 4.79 Å². The lowest BCUT2D eigenvalue weighted by molar-refractivity contribution is 0.141. The van der Waals surface area contributed by atoms with Crippen LogP contribution in [0.1, 0.15) is 51.4 Å². The smallest absolute Gasteiger partial charge is 0.407 e. The molecule has 0 saturated carbocycles. The molecule has 1 aliphatic heterocycles. The van der Waals surface area contributed by atoms with Crippen molar-refractivity contribution in [1.82, 2.24) is 4.90 Å². The van der Waals surface area contributed by atoms with Crippen LogP contribution in [0, 0.1) is 0 Å². The fourth-order valence-corrected chi connectivity index (χ4v) is 7.69. The van der Waals surface area contributed by atoms with Crippen LogP contribution in [0.5, 0.6) is 0 Å². The van der Waals surface area contributed by atoms with E-state index in [0.29, 0.717) is 24.2 Å². The highest BCUT2D eigenvalue weighted by Gasteiger charge is 2.28. The van der Waals surface area contributed by atoms with E-state index in [1.165, 1.54) is 12.8 Å². The summed E-state index contributed by atoms with van der Waals surface area (Å²) in [5.41, 5.74) is 0.701. The third-order valence-corrected chi connectivity index (χ3v) is 10.1. The summed E-state index contributed by atoms with van der Waals surface area (Å²) in [6, 6.07) is 0. The Morgan fingerprint density at radius 3 is 1.46 bits per heavy atom. The van der Waals surface area contributed by atoms with Gasteiger partial charge in [-0.15, -0.1) is 0 Å². The van der Waals surface area contributed by atoms with Crippen LogP contribution in [0.25, 0.3) is 0 Å². The average Bonchev–Trinajstić information content (AvgIpc) is 2.65. The molecule has 0 radical (unpaired) electrons. The molecule has 0 aromatic rings. The van der Waals surface area contributed by atoms with E-state index in [0.717, 1.165) is 38.5 Å². The van der Waals surface area contributed by atoms with Gasteiger partial charge in [0.1, 0.15) is 0 Å². The van der Waals surface area contributed by atoms with Gasteiger partial charge in [-0.3, -0.25) is 0 Å². The van der Waals surface area contributed by atoms with Crippen molar-refractivity contribution in [2.45, 2.75) is 62.4 Å². The van der Waals surface area contributed by atoms with Crippen molar-refractivity contribution in [2.24, 2.45) is 0 Å². The maximum absolute atomic E-state index is 11.7. The first-order chi connectivity index (χ1) is 12.6. The van der Waals surface area contributed by atoms with E-state index < -0.39 is 24.7 Å². The molecule has 1 saturated heterocycles. The van der Waals surface area contributed by atoms with Crippen molar-refractivity contribution < 1.29 is 27.6 Å². The minimum absolute atomic E-state index is 0.350. The zero-order valence-electron chi connectivity index (χ0n) is 16.8. The van der Waals surface area contributed by atoms with E-state index in [9.17, 15) is 9.90 Å². The van der Waals surface area contributed by atoms with E-state index in [4.69, 9.17) is 17.7 Å². The van der Waals surface area contributed by atoms with Crippen LogP contribution in [-0.4, -0.2) is 76.2 Å². The number of nitrogens with zero attached hydrogens (tertiary/aromatic N) is 1. The Balaban J connectivity index is 2.81. The molecule has 1 rings (SSSR count). The number of carboxylic acid groups (broad SMARTS) is 1. The van der Waals surface area contributed by atoms with E-state index in [1.54, 1.807) is 33.3 Å². The maximum Gasteiger partial charge on any atom is 0.407 e. The minimum Gasteiger partial charge on any atom is -0.465 e. The van der Waals surface area contributed by atoms with Gasteiger partial charge in [-0.1, -0.05) is 25.7 Å². The van der Waals surface area contributed by atoms with Crippen molar-refractivity contribution in [1.29, 1.82) is 0 Å². The lowest BCUT2D eigenvalue weighted by Crippen LogP contribution is -2.36. The molecule has 0 aromatic heterocycles.